The van der Waals surface area contributed by atoms with E-state index in [0.717, 1.165) is 18.4 Å². The van der Waals surface area contributed by atoms with Crippen LogP contribution in [0.1, 0.15) is 49.9 Å². The van der Waals surface area contributed by atoms with Crippen LogP contribution in [0.3, 0.4) is 0 Å². The van der Waals surface area contributed by atoms with Crippen molar-refractivity contribution in [2.45, 2.75) is 53.1 Å². The first kappa shape index (κ1) is 15.5. The maximum Gasteiger partial charge on any atom is 0.0424 e. The summed E-state index contributed by atoms with van der Waals surface area (Å²) in [5.41, 5.74) is 10.4. The Hall–Kier alpha value is -0.860. The van der Waals surface area contributed by atoms with Gasteiger partial charge < -0.3 is 5.73 Å². The van der Waals surface area contributed by atoms with Crippen molar-refractivity contribution in [3.63, 3.8) is 0 Å². The SMILES string of the molecule is Cc1ccc(C(N)CN2CC(C)CC(C)C2C)cc1C. The van der Waals surface area contributed by atoms with Crippen LogP contribution in [0.4, 0.5) is 0 Å². The van der Waals surface area contributed by atoms with Crippen molar-refractivity contribution in [2.24, 2.45) is 17.6 Å². The van der Waals surface area contributed by atoms with Gasteiger partial charge in [0.2, 0.25) is 0 Å². The molecule has 2 nitrogen and oxygen atoms in total. The molecule has 4 atom stereocenters. The summed E-state index contributed by atoms with van der Waals surface area (Å²) in [5, 5.41) is 0. The fourth-order valence-corrected chi connectivity index (χ4v) is 3.43. The number of hydrogen-bond acceptors (Lipinski definition) is 2. The highest BCUT2D eigenvalue weighted by Gasteiger charge is 2.29. The fourth-order valence-electron chi connectivity index (χ4n) is 3.43. The Morgan fingerprint density at radius 1 is 1.20 bits per heavy atom. The smallest absolute Gasteiger partial charge is 0.0424 e. The van der Waals surface area contributed by atoms with E-state index in [0.29, 0.717) is 6.04 Å². The predicted octanol–water partition coefficient (Wildman–Crippen LogP) is 3.67. The van der Waals surface area contributed by atoms with Crippen LogP contribution in [0.25, 0.3) is 0 Å². The molecule has 0 bridgehead atoms. The van der Waals surface area contributed by atoms with Crippen molar-refractivity contribution < 1.29 is 0 Å². The number of piperidine rings is 1. The number of aryl methyl sites for hydroxylation is 2. The Bertz CT molecular complexity index is 455. The summed E-state index contributed by atoms with van der Waals surface area (Å²) in [6.07, 6.45) is 1.34. The molecule has 1 fully saturated rings. The molecule has 2 N–H and O–H groups in total. The van der Waals surface area contributed by atoms with Gasteiger partial charge in [-0.05, 0) is 55.7 Å². The third-order valence-electron chi connectivity index (χ3n) is 5.11. The topological polar surface area (TPSA) is 29.3 Å². The second-order valence-electron chi connectivity index (χ2n) is 6.96. The van der Waals surface area contributed by atoms with E-state index in [-0.39, 0.29) is 6.04 Å². The highest BCUT2D eigenvalue weighted by molar-refractivity contribution is 5.31. The second-order valence-corrected chi connectivity index (χ2v) is 6.96. The number of rotatable bonds is 3. The lowest BCUT2D eigenvalue weighted by molar-refractivity contribution is 0.0742. The Balaban J connectivity index is 2.06. The molecule has 1 aromatic carbocycles. The molecule has 0 spiro atoms. The van der Waals surface area contributed by atoms with Crippen molar-refractivity contribution in [2.75, 3.05) is 13.1 Å². The highest BCUT2D eigenvalue weighted by Crippen LogP contribution is 2.28. The van der Waals surface area contributed by atoms with Gasteiger partial charge in [0.25, 0.3) is 0 Å². The van der Waals surface area contributed by atoms with E-state index in [1.54, 1.807) is 0 Å². The molecule has 0 saturated carbocycles. The predicted molar refractivity (Wildman–Crippen MR) is 86.8 cm³/mol. The number of hydrogen-bond donors (Lipinski definition) is 1. The van der Waals surface area contributed by atoms with Gasteiger partial charge in [-0.3, -0.25) is 4.90 Å². The van der Waals surface area contributed by atoms with E-state index in [2.05, 4.69) is 57.7 Å². The molecule has 1 aliphatic rings. The standard InChI is InChI=1S/C18H30N2/c1-12-8-15(4)16(5)20(10-12)11-18(19)17-7-6-13(2)14(3)9-17/h6-7,9,12,15-16,18H,8,10-11,19H2,1-5H3. The highest BCUT2D eigenvalue weighted by atomic mass is 15.2. The van der Waals surface area contributed by atoms with Crippen molar-refractivity contribution in [3.8, 4) is 0 Å². The molecule has 0 amide bonds. The van der Waals surface area contributed by atoms with Crippen molar-refractivity contribution >= 4 is 0 Å². The van der Waals surface area contributed by atoms with E-state index >= 15 is 0 Å². The first-order valence-corrected chi connectivity index (χ1v) is 7.95. The van der Waals surface area contributed by atoms with Crippen LogP contribution >= 0.6 is 0 Å². The minimum Gasteiger partial charge on any atom is -0.323 e. The second kappa shape index (κ2) is 6.28. The molecule has 0 radical (unpaired) electrons. The summed E-state index contributed by atoms with van der Waals surface area (Å²) in [7, 11) is 0. The maximum absolute atomic E-state index is 6.46. The average Bonchev–Trinajstić information content (AvgIpc) is 2.38. The first-order chi connectivity index (χ1) is 9.38. The molecule has 2 heteroatoms. The van der Waals surface area contributed by atoms with Crippen LogP contribution in [-0.2, 0) is 0 Å². The third-order valence-corrected chi connectivity index (χ3v) is 5.11. The Labute approximate surface area is 124 Å². The van der Waals surface area contributed by atoms with Gasteiger partial charge in [0.15, 0.2) is 0 Å². The lowest BCUT2D eigenvalue weighted by atomic mass is 9.85. The van der Waals surface area contributed by atoms with Crippen LogP contribution < -0.4 is 5.73 Å². The monoisotopic (exact) mass is 274 g/mol. The van der Waals surface area contributed by atoms with Gasteiger partial charge in [0.05, 0.1) is 0 Å². The lowest BCUT2D eigenvalue weighted by Crippen LogP contribution is -2.48. The minimum atomic E-state index is 0.120. The first-order valence-electron chi connectivity index (χ1n) is 7.95. The Kier molecular flexibility index (Phi) is 4.87. The van der Waals surface area contributed by atoms with Gasteiger partial charge in [-0.25, -0.2) is 0 Å². The third kappa shape index (κ3) is 3.42. The summed E-state index contributed by atoms with van der Waals surface area (Å²) in [5.74, 6) is 1.55. The number of nitrogens with zero attached hydrogens (tertiary/aromatic N) is 1. The molecule has 1 aliphatic heterocycles. The zero-order valence-electron chi connectivity index (χ0n) is 13.7. The van der Waals surface area contributed by atoms with E-state index < -0.39 is 0 Å². The summed E-state index contributed by atoms with van der Waals surface area (Å²) in [6, 6.07) is 7.39. The molecule has 1 aromatic rings. The van der Waals surface area contributed by atoms with Crippen LogP contribution in [-0.4, -0.2) is 24.0 Å². The van der Waals surface area contributed by atoms with E-state index in [9.17, 15) is 0 Å². The van der Waals surface area contributed by atoms with Crippen LogP contribution in [0, 0.1) is 25.7 Å². The maximum atomic E-state index is 6.46. The largest absolute Gasteiger partial charge is 0.323 e. The number of nitrogens with two attached hydrogens (primary N) is 1. The van der Waals surface area contributed by atoms with Gasteiger partial charge in [-0.15, -0.1) is 0 Å². The summed E-state index contributed by atoms with van der Waals surface area (Å²) >= 11 is 0. The molecular weight excluding hydrogens is 244 g/mol. The van der Waals surface area contributed by atoms with Crippen LogP contribution in [0.2, 0.25) is 0 Å². The van der Waals surface area contributed by atoms with Crippen molar-refractivity contribution in [1.82, 2.24) is 4.90 Å². The quantitative estimate of drug-likeness (QED) is 0.911. The van der Waals surface area contributed by atoms with Crippen molar-refractivity contribution in [3.05, 3.63) is 34.9 Å². The van der Waals surface area contributed by atoms with E-state index in [1.165, 1.54) is 29.7 Å². The zero-order valence-corrected chi connectivity index (χ0v) is 13.7. The zero-order chi connectivity index (χ0) is 14.9. The number of benzene rings is 1. The molecule has 0 aromatic heterocycles. The van der Waals surface area contributed by atoms with Gasteiger partial charge >= 0.3 is 0 Å². The van der Waals surface area contributed by atoms with Gasteiger partial charge in [-0.2, -0.15) is 0 Å². The molecule has 1 heterocycles. The van der Waals surface area contributed by atoms with Gasteiger partial charge in [0.1, 0.15) is 0 Å². The van der Waals surface area contributed by atoms with E-state index in [1.807, 2.05) is 0 Å². The van der Waals surface area contributed by atoms with E-state index in [4.69, 9.17) is 5.73 Å². The molecule has 0 aliphatic carbocycles. The molecule has 4 unspecified atom stereocenters. The molecule has 20 heavy (non-hydrogen) atoms. The Morgan fingerprint density at radius 2 is 1.90 bits per heavy atom. The van der Waals surface area contributed by atoms with Crippen LogP contribution in [0.15, 0.2) is 18.2 Å². The molecule has 112 valence electrons. The molecule has 2 rings (SSSR count). The summed E-state index contributed by atoms with van der Waals surface area (Å²) in [6.45, 7) is 13.6. The summed E-state index contributed by atoms with van der Waals surface area (Å²) in [4.78, 5) is 2.58. The number of likely N-dealkylation sites (tertiary alicyclic amines) is 1. The Morgan fingerprint density at radius 3 is 2.55 bits per heavy atom. The van der Waals surface area contributed by atoms with Gasteiger partial charge in [0, 0.05) is 25.2 Å². The molecule has 1 saturated heterocycles. The van der Waals surface area contributed by atoms with Crippen LogP contribution in [0.5, 0.6) is 0 Å². The summed E-state index contributed by atoms with van der Waals surface area (Å²) < 4.78 is 0. The van der Waals surface area contributed by atoms with Crippen molar-refractivity contribution in [1.29, 1.82) is 0 Å². The molecular formula is C18H30N2. The minimum absolute atomic E-state index is 0.120. The van der Waals surface area contributed by atoms with Gasteiger partial charge in [-0.1, -0.05) is 32.0 Å². The fraction of sp³-hybridized carbons (Fsp3) is 0.667. The normalized spacial score (nSPS) is 29.4. The average molecular weight is 274 g/mol. The lowest BCUT2D eigenvalue weighted by Gasteiger charge is -2.42.